The molecule has 0 heterocycles. The molecule has 1 rings (SSSR count). The number of anilines is 1. The van der Waals surface area contributed by atoms with Gasteiger partial charge in [0.2, 0.25) is 0 Å². The Balaban J connectivity index is 3.50. The van der Waals surface area contributed by atoms with Gasteiger partial charge in [0.1, 0.15) is 0 Å². The Morgan fingerprint density at radius 2 is 1.45 bits per heavy atom. The molecular formula is C8H5N4O8-. The van der Waals surface area contributed by atoms with Gasteiger partial charge in [-0.1, -0.05) is 0 Å². The summed E-state index contributed by atoms with van der Waals surface area (Å²) in [6.45, 7) is -0.931. The first-order valence-electron chi connectivity index (χ1n) is 4.79. The van der Waals surface area contributed by atoms with Crippen LogP contribution in [-0.2, 0) is 4.79 Å². The summed E-state index contributed by atoms with van der Waals surface area (Å²) in [6, 6.07) is 0.981. The molecule has 0 aliphatic heterocycles. The minimum Gasteiger partial charge on any atom is -0.548 e. The van der Waals surface area contributed by atoms with Gasteiger partial charge in [-0.15, -0.1) is 0 Å². The lowest BCUT2D eigenvalue weighted by atomic mass is 10.2. The van der Waals surface area contributed by atoms with E-state index >= 15 is 0 Å². The van der Waals surface area contributed by atoms with E-state index in [1.54, 1.807) is 0 Å². The highest BCUT2D eigenvalue weighted by molar-refractivity contribution is 5.80. The van der Waals surface area contributed by atoms with Crippen LogP contribution in [0.25, 0.3) is 0 Å². The highest BCUT2D eigenvalue weighted by Crippen LogP contribution is 2.38. The lowest BCUT2D eigenvalue weighted by molar-refractivity contribution is -0.401. The molecule has 0 amide bonds. The number of hydrogen-bond donors (Lipinski definition) is 1. The van der Waals surface area contributed by atoms with Crippen molar-refractivity contribution < 1.29 is 24.7 Å². The van der Waals surface area contributed by atoms with Gasteiger partial charge in [-0.25, -0.2) is 0 Å². The number of carboxylic acids is 1. The van der Waals surface area contributed by atoms with Crippen molar-refractivity contribution in [3.63, 3.8) is 0 Å². The molecule has 0 fully saturated rings. The van der Waals surface area contributed by atoms with Crippen LogP contribution in [0.15, 0.2) is 12.1 Å². The third-order valence-electron chi connectivity index (χ3n) is 2.10. The molecule has 0 bridgehead atoms. The minimum absolute atomic E-state index is 0.491. The SMILES string of the molecule is O=C([O-])CNc1c([N+](=O)[O-])cc([N+](=O)[O-])cc1[N+](=O)[O-]. The zero-order valence-electron chi connectivity index (χ0n) is 9.47. The molecule has 20 heavy (non-hydrogen) atoms. The smallest absolute Gasteiger partial charge is 0.306 e. The molecule has 0 saturated carbocycles. The second kappa shape index (κ2) is 5.55. The predicted molar refractivity (Wildman–Crippen MR) is 59.9 cm³/mol. The molecule has 0 unspecified atom stereocenters. The van der Waals surface area contributed by atoms with Gasteiger partial charge in [0.05, 0.1) is 39.4 Å². The quantitative estimate of drug-likeness (QED) is 0.535. The third-order valence-corrected chi connectivity index (χ3v) is 2.10. The Labute approximate surface area is 109 Å². The Bertz CT molecular complexity index is 577. The zero-order chi connectivity index (χ0) is 15.4. The number of aliphatic carboxylic acids is 1. The van der Waals surface area contributed by atoms with Crippen LogP contribution in [0, 0.1) is 30.3 Å². The maximum atomic E-state index is 10.8. The number of nitro groups is 3. The van der Waals surface area contributed by atoms with E-state index in [0.29, 0.717) is 12.1 Å². The minimum atomic E-state index is -1.66. The van der Waals surface area contributed by atoms with Crippen molar-refractivity contribution in [2.45, 2.75) is 0 Å². The number of nitrogens with zero attached hydrogens (tertiary/aromatic N) is 3. The van der Waals surface area contributed by atoms with Crippen LogP contribution in [0.3, 0.4) is 0 Å². The number of nitrogens with one attached hydrogen (secondary N) is 1. The van der Waals surface area contributed by atoms with Gasteiger partial charge >= 0.3 is 11.4 Å². The van der Waals surface area contributed by atoms with E-state index in [1.165, 1.54) is 0 Å². The molecule has 0 radical (unpaired) electrons. The summed E-state index contributed by atoms with van der Waals surface area (Å²) in [5, 5.41) is 44.3. The van der Waals surface area contributed by atoms with Gasteiger partial charge in [-0.3, -0.25) is 30.3 Å². The summed E-state index contributed by atoms with van der Waals surface area (Å²) >= 11 is 0. The van der Waals surface area contributed by atoms with E-state index in [2.05, 4.69) is 0 Å². The molecule has 0 atom stereocenters. The van der Waals surface area contributed by atoms with Gasteiger partial charge < -0.3 is 15.2 Å². The van der Waals surface area contributed by atoms with Crippen LogP contribution >= 0.6 is 0 Å². The van der Waals surface area contributed by atoms with E-state index in [4.69, 9.17) is 0 Å². The molecule has 0 aliphatic carbocycles. The second-order valence-electron chi connectivity index (χ2n) is 3.36. The molecule has 0 spiro atoms. The molecule has 0 aromatic heterocycles. The lowest BCUT2D eigenvalue weighted by Gasteiger charge is -2.08. The van der Waals surface area contributed by atoms with Gasteiger partial charge in [-0.2, -0.15) is 0 Å². The van der Waals surface area contributed by atoms with Crippen LogP contribution < -0.4 is 10.4 Å². The highest BCUT2D eigenvalue weighted by atomic mass is 16.6. The van der Waals surface area contributed by atoms with E-state index in [0.717, 1.165) is 0 Å². The average Bonchev–Trinajstić information content (AvgIpc) is 2.34. The van der Waals surface area contributed by atoms with Crippen LogP contribution in [0.5, 0.6) is 0 Å². The Kier molecular flexibility index (Phi) is 4.10. The van der Waals surface area contributed by atoms with Crippen LogP contribution in [-0.4, -0.2) is 27.3 Å². The molecule has 12 nitrogen and oxygen atoms in total. The summed E-state index contributed by atoms with van der Waals surface area (Å²) in [5.41, 5.74) is -3.56. The maximum Gasteiger partial charge on any atom is 0.306 e. The first-order chi connectivity index (χ1) is 9.23. The Morgan fingerprint density at radius 1 is 1.00 bits per heavy atom. The fourth-order valence-electron chi connectivity index (χ4n) is 1.33. The molecule has 12 heteroatoms. The van der Waals surface area contributed by atoms with Crippen molar-refractivity contribution in [3.8, 4) is 0 Å². The molecule has 106 valence electrons. The van der Waals surface area contributed by atoms with Crippen LogP contribution in [0.4, 0.5) is 22.7 Å². The number of rotatable bonds is 6. The predicted octanol–water partition coefficient (Wildman–Crippen LogP) is -0.427. The van der Waals surface area contributed by atoms with E-state index in [-0.39, 0.29) is 0 Å². The number of hydrogen-bond acceptors (Lipinski definition) is 9. The Hall–Kier alpha value is -3.31. The van der Waals surface area contributed by atoms with Crippen LogP contribution in [0.1, 0.15) is 0 Å². The van der Waals surface area contributed by atoms with E-state index in [1.807, 2.05) is 5.32 Å². The van der Waals surface area contributed by atoms with Crippen molar-refractivity contribution >= 4 is 28.7 Å². The zero-order valence-corrected chi connectivity index (χ0v) is 9.47. The monoisotopic (exact) mass is 285 g/mol. The highest BCUT2D eigenvalue weighted by Gasteiger charge is 2.30. The maximum absolute atomic E-state index is 10.8. The molecule has 1 N–H and O–H groups in total. The first kappa shape index (κ1) is 14.7. The van der Waals surface area contributed by atoms with Crippen molar-refractivity contribution in [3.05, 3.63) is 42.5 Å². The fraction of sp³-hybridized carbons (Fsp3) is 0.125. The van der Waals surface area contributed by atoms with Gasteiger partial charge in [0.25, 0.3) is 5.69 Å². The standard InChI is InChI=1S/C8H6N4O8/c13-7(14)3-9-8-5(11(17)18)1-4(10(15)16)2-6(8)12(19)20/h1-2,9H,3H2,(H,13,14)/p-1. The van der Waals surface area contributed by atoms with E-state index < -0.39 is 50.0 Å². The Morgan fingerprint density at radius 3 is 1.75 bits per heavy atom. The van der Waals surface area contributed by atoms with Gasteiger partial charge in [0.15, 0.2) is 5.69 Å². The molecule has 1 aromatic carbocycles. The number of carboxylic acid groups (broad SMARTS) is 1. The lowest BCUT2D eigenvalue weighted by Crippen LogP contribution is -2.30. The molecular weight excluding hydrogens is 280 g/mol. The molecule has 0 saturated heterocycles. The topological polar surface area (TPSA) is 182 Å². The summed E-state index contributed by atoms with van der Waals surface area (Å²) in [6.07, 6.45) is 0. The first-order valence-corrected chi connectivity index (χ1v) is 4.79. The summed E-state index contributed by atoms with van der Waals surface area (Å²) < 4.78 is 0. The number of nitro benzene ring substituents is 3. The molecule has 0 aliphatic rings. The van der Waals surface area contributed by atoms with E-state index in [9.17, 15) is 40.2 Å². The fourth-order valence-corrected chi connectivity index (χ4v) is 1.33. The van der Waals surface area contributed by atoms with Gasteiger partial charge in [-0.05, 0) is 0 Å². The normalized spacial score (nSPS) is 9.80. The largest absolute Gasteiger partial charge is 0.548 e. The van der Waals surface area contributed by atoms with Gasteiger partial charge in [0, 0.05) is 0 Å². The molecule has 1 aromatic rings. The van der Waals surface area contributed by atoms with Crippen LogP contribution in [0.2, 0.25) is 0 Å². The number of benzene rings is 1. The average molecular weight is 285 g/mol. The summed E-state index contributed by atoms with van der Waals surface area (Å²) in [5.74, 6) is -1.66. The van der Waals surface area contributed by atoms with Crippen molar-refractivity contribution in [2.24, 2.45) is 0 Å². The van der Waals surface area contributed by atoms with Crippen molar-refractivity contribution in [1.29, 1.82) is 0 Å². The van der Waals surface area contributed by atoms with Crippen molar-refractivity contribution in [2.75, 3.05) is 11.9 Å². The number of non-ortho nitro benzene ring substituents is 1. The third kappa shape index (κ3) is 3.12. The number of carbonyl (C=O) groups excluding carboxylic acids is 1. The summed E-state index contributed by atoms with van der Waals surface area (Å²) in [7, 11) is 0. The second-order valence-corrected chi connectivity index (χ2v) is 3.36. The van der Waals surface area contributed by atoms with Crippen molar-refractivity contribution in [1.82, 2.24) is 0 Å². The summed E-state index contributed by atoms with van der Waals surface area (Å²) in [4.78, 5) is 39.2. The number of carbonyl (C=O) groups is 1.